The van der Waals surface area contributed by atoms with E-state index in [9.17, 15) is 18.0 Å². The number of amides is 1. The highest BCUT2D eigenvalue weighted by Gasteiger charge is 2.30. The number of hydrogen-bond acceptors (Lipinski definition) is 3. The lowest BCUT2D eigenvalue weighted by molar-refractivity contribution is -0.137. The molecule has 0 aliphatic carbocycles. The van der Waals surface area contributed by atoms with Gasteiger partial charge in [0, 0.05) is 37.3 Å². The van der Waals surface area contributed by atoms with Gasteiger partial charge in [-0.25, -0.2) is 0 Å². The number of fused-ring (bicyclic) bond motifs is 1. The summed E-state index contributed by atoms with van der Waals surface area (Å²) in [4.78, 5) is 12.3. The van der Waals surface area contributed by atoms with E-state index < -0.39 is 11.7 Å². The Morgan fingerprint density at radius 2 is 2.19 bits per heavy atom. The highest BCUT2D eigenvalue weighted by molar-refractivity contribution is 5.94. The zero-order valence-corrected chi connectivity index (χ0v) is 14.4. The summed E-state index contributed by atoms with van der Waals surface area (Å²) in [5.74, 6) is -0.366. The zero-order valence-electron chi connectivity index (χ0n) is 14.4. The van der Waals surface area contributed by atoms with Crippen molar-refractivity contribution in [1.82, 2.24) is 20.8 Å². The van der Waals surface area contributed by atoms with E-state index in [1.165, 1.54) is 12.1 Å². The number of nitrogens with one attached hydrogen (secondary N) is 3. The fourth-order valence-corrected chi connectivity index (χ4v) is 3.09. The number of carbonyl (C=O) groups excluding carboxylic acids is 1. The average molecular weight is 366 g/mol. The Morgan fingerprint density at radius 3 is 2.96 bits per heavy atom. The van der Waals surface area contributed by atoms with Gasteiger partial charge < -0.3 is 10.6 Å². The Labute approximate surface area is 149 Å². The van der Waals surface area contributed by atoms with Gasteiger partial charge in [0.05, 0.1) is 5.56 Å². The van der Waals surface area contributed by atoms with Crippen LogP contribution in [0.2, 0.25) is 0 Å². The second-order valence-corrected chi connectivity index (χ2v) is 6.52. The maximum atomic E-state index is 12.8. The lowest BCUT2D eigenvalue weighted by atomic mass is 9.96. The third-order valence-electron chi connectivity index (χ3n) is 4.67. The van der Waals surface area contributed by atoms with Crippen LogP contribution in [-0.2, 0) is 19.1 Å². The number of halogens is 3. The monoisotopic (exact) mass is 366 g/mol. The molecule has 0 fully saturated rings. The summed E-state index contributed by atoms with van der Waals surface area (Å²) in [5.41, 5.74) is 2.21. The minimum absolute atomic E-state index is 0.104. The van der Waals surface area contributed by atoms with Gasteiger partial charge >= 0.3 is 6.18 Å². The molecule has 5 nitrogen and oxygen atoms in total. The first-order chi connectivity index (χ1) is 12.4. The topological polar surface area (TPSA) is 69.8 Å². The summed E-state index contributed by atoms with van der Waals surface area (Å²) in [7, 11) is 0. The summed E-state index contributed by atoms with van der Waals surface area (Å²) in [6.45, 7) is 3.67. The van der Waals surface area contributed by atoms with E-state index in [-0.39, 0.29) is 11.8 Å². The first kappa shape index (κ1) is 18.4. The Morgan fingerprint density at radius 1 is 1.38 bits per heavy atom. The van der Waals surface area contributed by atoms with Crippen molar-refractivity contribution in [3.05, 3.63) is 52.3 Å². The molecule has 1 aromatic carbocycles. The van der Waals surface area contributed by atoms with E-state index in [4.69, 9.17) is 0 Å². The fraction of sp³-hybridized carbons (Fsp3) is 0.444. The molecule has 0 bridgehead atoms. The van der Waals surface area contributed by atoms with Gasteiger partial charge in [-0.3, -0.25) is 9.89 Å². The Kier molecular flexibility index (Phi) is 5.31. The molecule has 1 aliphatic heterocycles. The van der Waals surface area contributed by atoms with Gasteiger partial charge in [0.2, 0.25) is 0 Å². The number of nitrogens with zero attached hydrogens (tertiary/aromatic N) is 1. The Bertz CT molecular complexity index is 785. The number of carbonyl (C=O) groups is 1. The molecule has 1 unspecified atom stereocenters. The molecule has 0 spiro atoms. The van der Waals surface area contributed by atoms with Crippen LogP contribution in [0.1, 0.15) is 52.1 Å². The van der Waals surface area contributed by atoms with Gasteiger partial charge in [-0.05, 0) is 24.0 Å². The Hall–Kier alpha value is -2.35. The van der Waals surface area contributed by atoms with Crippen molar-refractivity contribution in [2.75, 3.05) is 13.1 Å². The molecule has 0 saturated heterocycles. The highest BCUT2D eigenvalue weighted by atomic mass is 19.4. The molecule has 3 N–H and O–H groups in total. The van der Waals surface area contributed by atoms with E-state index in [0.29, 0.717) is 30.8 Å². The lowest BCUT2D eigenvalue weighted by Gasteiger charge is -2.15. The SMILES string of the molecule is CC(CCNC(=O)c1n[nH]c2c1CNCC2)c1cccc(C(F)(F)F)c1. The number of rotatable bonds is 5. The van der Waals surface area contributed by atoms with Crippen LogP contribution in [0.15, 0.2) is 24.3 Å². The van der Waals surface area contributed by atoms with Crippen molar-refractivity contribution < 1.29 is 18.0 Å². The van der Waals surface area contributed by atoms with Gasteiger partial charge in [0.25, 0.3) is 5.91 Å². The number of benzene rings is 1. The van der Waals surface area contributed by atoms with Crippen LogP contribution in [-0.4, -0.2) is 29.2 Å². The molecule has 26 heavy (non-hydrogen) atoms. The van der Waals surface area contributed by atoms with Crippen molar-refractivity contribution in [2.24, 2.45) is 0 Å². The quantitative estimate of drug-likeness (QED) is 0.762. The standard InChI is InChI=1S/C18H21F3N4O/c1-11(12-3-2-4-13(9-12)18(19,20)21)5-8-23-17(26)16-14-10-22-7-6-15(14)24-25-16/h2-4,9,11,22H,5-8,10H2,1H3,(H,23,26)(H,24,25). The predicted octanol–water partition coefficient (Wildman–Crippen LogP) is 3.00. The van der Waals surface area contributed by atoms with Crippen molar-refractivity contribution >= 4 is 5.91 Å². The molecule has 1 amide bonds. The van der Waals surface area contributed by atoms with Crippen molar-refractivity contribution in [2.45, 2.75) is 38.4 Å². The van der Waals surface area contributed by atoms with Crippen LogP contribution in [0.25, 0.3) is 0 Å². The summed E-state index contributed by atoms with van der Waals surface area (Å²) in [6.07, 6.45) is -3.00. The molecule has 3 rings (SSSR count). The number of aromatic nitrogens is 2. The van der Waals surface area contributed by atoms with E-state index in [1.54, 1.807) is 6.07 Å². The molecule has 1 aliphatic rings. The molecule has 0 radical (unpaired) electrons. The number of H-pyrrole nitrogens is 1. The molecular formula is C18H21F3N4O. The van der Waals surface area contributed by atoms with E-state index in [2.05, 4.69) is 20.8 Å². The molecule has 0 saturated carbocycles. The lowest BCUT2D eigenvalue weighted by Crippen LogP contribution is -2.29. The van der Waals surface area contributed by atoms with Crippen LogP contribution in [0.4, 0.5) is 13.2 Å². The Balaban J connectivity index is 1.56. The average Bonchev–Trinajstić information content (AvgIpc) is 3.05. The van der Waals surface area contributed by atoms with Crippen LogP contribution in [0, 0.1) is 0 Å². The molecule has 1 aromatic heterocycles. The van der Waals surface area contributed by atoms with E-state index in [1.807, 2.05) is 6.92 Å². The molecule has 1 atom stereocenters. The zero-order chi connectivity index (χ0) is 18.7. The van der Waals surface area contributed by atoms with Crippen molar-refractivity contribution in [1.29, 1.82) is 0 Å². The summed E-state index contributed by atoms with van der Waals surface area (Å²) in [6, 6.07) is 5.32. The number of aromatic amines is 1. The third kappa shape index (κ3) is 4.07. The second kappa shape index (κ2) is 7.49. The second-order valence-electron chi connectivity index (χ2n) is 6.52. The minimum atomic E-state index is -4.35. The van der Waals surface area contributed by atoms with Gasteiger partial charge in [0.1, 0.15) is 0 Å². The van der Waals surface area contributed by atoms with Crippen LogP contribution in [0.3, 0.4) is 0 Å². The molecule has 2 heterocycles. The van der Waals surface area contributed by atoms with E-state index in [0.717, 1.165) is 30.3 Å². The first-order valence-corrected chi connectivity index (χ1v) is 8.58. The highest BCUT2D eigenvalue weighted by Crippen LogP contribution is 2.31. The first-order valence-electron chi connectivity index (χ1n) is 8.58. The normalized spacial score (nSPS) is 15.4. The maximum Gasteiger partial charge on any atom is 0.416 e. The van der Waals surface area contributed by atoms with Crippen molar-refractivity contribution in [3.63, 3.8) is 0 Å². The number of alkyl halides is 3. The maximum absolute atomic E-state index is 12.8. The predicted molar refractivity (Wildman–Crippen MR) is 90.8 cm³/mol. The molecule has 2 aromatic rings. The van der Waals surface area contributed by atoms with E-state index >= 15 is 0 Å². The largest absolute Gasteiger partial charge is 0.416 e. The van der Waals surface area contributed by atoms with Crippen LogP contribution >= 0.6 is 0 Å². The molecule has 8 heteroatoms. The van der Waals surface area contributed by atoms with Gasteiger partial charge in [0.15, 0.2) is 5.69 Å². The molecule has 140 valence electrons. The van der Waals surface area contributed by atoms with Crippen LogP contribution in [0.5, 0.6) is 0 Å². The van der Waals surface area contributed by atoms with Gasteiger partial charge in [-0.1, -0.05) is 25.1 Å². The van der Waals surface area contributed by atoms with Gasteiger partial charge in [-0.15, -0.1) is 0 Å². The summed E-state index contributed by atoms with van der Waals surface area (Å²) < 4.78 is 38.4. The van der Waals surface area contributed by atoms with Crippen molar-refractivity contribution in [3.8, 4) is 0 Å². The summed E-state index contributed by atoms with van der Waals surface area (Å²) in [5, 5.41) is 13.0. The minimum Gasteiger partial charge on any atom is -0.351 e. The van der Waals surface area contributed by atoms with Gasteiger partial charge in [-0.2, -0.15) is 18.3 Å². The third-order valence-corrected chi connectivity index (χ3v) is 4.67. The fourth-order valence-electron chi connectivity index (χ4n) is 3.09. The molecular weight excluding hydrogens is 345 g/mol. The number of hydrogen-bond donors (Lipinski definition) is 3. The van der Waals surface area contributed by atoms with Crippen LogP contribution < -0.4 is 10.6 Å². The summed E-state index contributed by atoms with van der Waals surface area (Å²) >= 11 is 0. The smallest absolute Gasteiger partial charge is 0.351 e.